The molecule has 0 atom stereocenters. The van der Waals surface area contributed by atoms with E-state index in [-0.39, 0.29) is 24.0 Å². The molecular formula is C27H45ClN2O2. The van der Waals surface area contributed by atoms with Crippen molar-refractivity contribution >= 4 is 0 Å². The van der Waals surface area contributed by atoms with Gasteiger partial charge in [0, 0.05) is 5.56 Å². The maximum absolute atomic E-state index is 5.87. The fraction of sp³-hybridized carbons (Fsp3) is 0.556. The van der Waals surface area contributed by atoms with Crippen molar-refractivity contribution in [3.05, 3.63) is 65.7 Å². The van der Waals surface area contributed by atoms with Gasteiger partial charge in [-0.15, -0.1) is 0 Å². The largest absolute Gasteiger partial charge is 1.00 e. The molecule has 3 N–H and O–H groups in total. The zero-order chi connectivity index (χ0) is 22.3. The molecule has 0 heterocycles. The summed E-state index contributed by atoms with van der Waals surface area (Å²) < 4.78 is 12.6. The van der Waals surface area contributed by atoms with E-state index < -0.39 is 0 Å². The highest BCUT2D eigenvalue weighted by atomic mass is 35.5. The summed E-state index contributed by atoms with van der Waals surface area (Å²) in [6.45, 7) is 15.5. The van der Waals surface area contributed by atoms with Gasteiger partial charge in [0.25, 0.3) is 0 Å². The second kappa shape index (κ2) is 13.2. The zero-order valence-corrected chi connectivity index (χ0v) is 22.0. The van der Waals surface area contributed by atoms with Gasteiger partial charge in [-0.25, -0.2) is 0 Å². The van der Waals surface area contributed by atoms with E-state index >= 15 is 0 Å². The number of likely N-dealkylation sites (N-methyl/N-ethyl adjacent to an activating group) is 1. The molecule has 0 radical (unpaired) electrons. The molecule has 182 valence electrons. The molecule has 0 unspecified atom stereocenters. The molecule has 0 aliphatic rings. The summed E-state index contributed by atoms with van der Waals surface area (Å²) in [4.78, 5) is 0. The van der Waals surface area contributed by atoms with Gasteiger partial charge in [-0.3, -0.25) is 0 Å². The van der Waals surface area contributed by atoms with Crippen LogP contribution in [0.3, 0.4) is 0 Å². The molecule has 2 rings (SSSR count). The summed E-state index contributed by atoms with van der Waals surface area (Å²) >= 11 is 0. The minimum absolute atomic E-state index is 0. The highest BCUT2D eigenvalue weighted by Crippen LogP contribution is 2.36. The molecular weight excluding hydrogens is 420 g/mol. The van der Waals surface area contributed by atoms with Gasteiger partial charge in [-0.1, -0.05) is 77.1 Å². The third-order valence-electron chi connectivity index (χ3n) is 5.40. The Hall–Kier alpha value is -1.59. The topological polar surface area (TPSA) is 53.5 Å². The molecule has 0 aromatic heterocycles. The van der Waals surface area contributed by atoms with Crippen LogP contribution in [0.4, 0.5) is 0 Å². The summed E-state index contributed by atoms with van der Waals surface area (Å²) in [7, 11) is 4.49. The fourth-order valence-electron chi connectivity index (χ4n) is 4.22. The molecule has 0 saturated heterocycles. The number of ether oxygens (including phenoxy) is 2. The van der Waals surface area contributed by atoms with Crippen molar-refractivity contribution < 1.29 is 26.4 Å². The Balaban J connectivity index is 0.00000480. The van der Waals surface area contributed by atoms with Crippen molar-refractivity contribution in [2.24, 2.45) is 5.41 Å². The Kier molecular flexibility index (Phi) is 12.5. The first kappa shape index (κ1) is 30.4. The monoisotopic (exact) mass is 464 g/mol. The van der Waals surface area contributed by atoms with Crippen LogP contribution in [0.1, 0.15) is 52.2 Å². The van der Waals surface area contributed by atoms with Gasteiger partial charge < -0.3 is 32.5 Å². The lowest BCUT2D eigenvalue weighted by Crippen LogP contribution is -3.00. The molecule has 2 aromatic carbocycles. The normalized spacial score (nSPS) is 12.0. The first-order chi connectivity index (χ1) is 14.0. The number of nitrogens with zero attached hydrogens (tertiary/aromatic N) is 1. The molecule has 0 aliphatic carbocycles. The van der Waals surface area contributed by atoms with Crippen LogP contribution in [0.15, 0.2) is 54.6 Å². The minimum Gasteiger partial charge on any atom is -1.00 e. The van der Waals surface area contributed by atoms with Gasteiger partial charge in [0.1, 0.15) is 25.4 Å². The average molecular weight is 465 g/mol. The van der Waals surface area contributed by atoms with E-state index in [1.165, 1.54) is 11.1 Å². The summed E-state index contributed by atoms with van der Waals surface area (Å²) in [5.74, 6) is 0.911. The first-order valence-electron chi connectivity index (χ1n) is 11.1. The highest BCUT2D eigenvalue weighted by molar-refractivity contribution is 5.31. The number of benzene rings is 2. The number of halogens is 1. The third kappa shape index (κ3) is 11.3. The van der Waals surface area contributed by atoms with E-state index in [0.29, 0.717) is 18.6 Å². The number of quaternary nitrogens is 1. The smallest absolute Gasteiger partial charge is 0.119 e. The molecule has 4 nitrogen and oxygen atoms in total. The molecule has 0 bridgehead atoms. The van der Waals surface area contributed by atoms with E-state index in [4.69, 9.17) is 9.47 Å². The molecule has 0 aliphatic heterocycles. The summed E-state index contributed by atoms with van der Waals surface area (Å²) in [5.41, 5.74) is 3.19. The molecule has 0 spiro atoms. The van der Waals surface area contributed by atoms with Crippen molar-refractivity contribution in [1.82, 2.24) is 6.15 Å². The minimum atomic E-state index is 0. The average Bonchev–Trinajstić information content (AvgIpc) is 2.63. The maximum atomic E-state index is 5.87. The van der Waals surface area contributed by atoms with Crippen LogP contribution in [0.2, 0.25) is 0 Å². The second-order valence-corrected chi connectivity index (χ2v) is 10.9. The van der Waals surface area contributed by atoms with Crippen LogP contribution in [-0.2, 0) is 16.7 Å². The molecule has 32 heavy (non-hydrogen) atoms. The Labute approximate surface area is 202 Å². The Bertz CT molecular complexity index is 753. The summed E-state index contributed by atoms with van der Waals surface area (Å²) in [6, 6.07) is 19.2. The van der Waals surface area contributed by atoms with E-state index in [1.54, 1.807) is 0 Å². The van der Waals surface area contributed by atoms with Crippen LogP contribution >= 0.6 is 0 Å². The molecule has 0 fully saturated rings. The third-order valence-corrected chi connectivity index (χ3v) is 5.40. The SMILES string of the molecule is CC(C)(C)CC(C)(C)c1ccc(OCCOCC[N+](C)(C)Cc2ccccc2)cc1.N.[Cl-]. The van der Waals surface area contributed by atoms with Crippen molar-refractivity contribution in [2.45, 2.75) is 53.0 Å². The van der Waals surface area contributed by atoms with Gasteiger partial charge in [0.15, 0.2) is 0 Å². The Morgan fingerprint density at radius 1 is 0.781 bits per heavy atom. The van der Waals surface area contributed by atoms with Gasteiger partial charge in [0.05, 0.1) is 27.3 Å². The Morgan fingerprint density at radius 2 is 1.38 bits per heavy atom. The van der Waals surface area contributed by atoms with Gasteiger partial charge in [-0.2, -0.15) is 0 Å². The predicted octanol–water partition coefficient (Wildman–Crippen LogP) is 3.24. The van der Waals surface area contributed by atoms with Crippen LogP contribution in [0.25, 0.3) is 0 Å². The lowest BCUT2D eigenvalue weighted by molar-refractivity contribution is -0.904. The molecule has 0 amide bonds. The van der Waals surface area contributed by atoms with Crippen LogP contribution in [0.5, 0.6) is 5.75 Å². The predicted molar refractivity (Wildman–Crippen MR) is 132 cm³/mol. The maximum Gasteiger partial charge on any atom is 0.119 e. The summed E-state index contributed by atoms with van der Waals surface area (Å²) in [5, 5.41) is 0. The van der Waals surface area contributed by atoms with Crippen LogP contribution < -0.4 is 23.3 Å². The zero-order valence-electron chi connectivity index (χ0n) is 21.3. The van der Waals surface area contributed by atoms with Crippen LogP contribution in [-0.4, -0.2) is 44.9 Å². The van der Waals surface area contributed by atoms with E-state index in [1.807, 2.05) is 0 Å². The van der Waals surface area contributed by atoms with Crippen molar-refractivity contribution in [3.63, 3.8) is 0 Å². The standard InChI is InChI=1S/C27H42NO2.ClH.H3N/c1-26(2,3)22-27(4,5)24-13-15-25(16-14-24)30-20-19-29-18-17-28(6,7)21-23-11-9-8-10-12-23;;/h8-16H,17-22H2,1-7H3;1H;1H3/q+1;;/p-1. The Morgan fingerprint density at radius 3 is 1.94 bits per heavy atom. The number of hydrogen-bond donors (Lipinski definition) is 1. The number of rotatable bonds is 11. The number of hydrogen-bond acceptors (Lipinski definition) is 3. The molecule has 2 aromatic rings. The van der Waals surface area contributed by atoms with Crippen LogP contribution in [0, 0.1) is 5.41 Å². The first-order valence-corrected chi connectivity index (χ1v) is 11.1. The quantitative estimate of drug-likeness (QED) is 0.410. The van der Waals surface area contributed by atoms with Crippen molar-refractivity contribution in [1.29, 1.82) is 0 Å². The van der Waals surface area contributed by atoms with Gasteiger partial charge in [0.2, 0.25) is 0 Å². The molecule has 0 saturated carbocycles. The van der Waals surface area contributed by atoms with Gasteiger partial charge >= 0.3 is 0 Å². The fourth-order valence-corrected chi connectivity index (χ4v) is 4.22. The molecule has 5 heteroatoms. The highest BCUT2D eigenvalue weighted by Gasteiger charge is 2.27. The second-order valence-electron chi connectivity index (χ2n) is 10.9. The van der Waals surface area contributed by atoms with Gasteiger partial charge in [-0.05, 0) is 34.9 Å². The van der Waals surface area contributed by atoms with E-state index in [9.17, 15) is 0 Å². The van der Waals surface area contributed by atoms with Crippen molar-refractivity contribution in [2.75, 3.05) is 40.5 Å². The summed E-state index contributed by atoms with van der Waals surface area (Å²) in [6.07, 6.45) is 1.15. The lowest BCUT2D eigenvalue weighted by Gasteiger charge is -2.33. The van der Waals surface area contributed by atoms with E-state index in [2.05, 4.69) is 103 Å². The lowest BCUT2D eigenvalue weighted by atomic mass is 9.72. The van der Waals surface area contributed by atoms with Crippen molar-refractivity contribution in [3.8, 4) is 5.75 Å². The van der Waals surface area contributed by atoms with E-state index in [0.717, 1.165) is 36.3 Å².